The predicted octanol–water partition coefficient (Wildman–Crippen LogP) is 0.952. The van der Waals surface area contributed by atoms with E-state index in [0.717, 1.165) is 24.4 Å². The topological polar surface area (TPSA) is 68.8 Å². The first-order valence-electron chi connectivity index (χ1n) is 5.64. The summed E-state index contributed by atoms with van der Waals surface area (Å²) in [6.07, 6.45) is 7.25. The number of hydrogen-bond donors (Lipinski definition) is 2. The Morgan fingerprint density at radius 1 is 1.35 bits per heavy atom. The summed E-state index contributed by atoms with van der Waals surface area (Å²) in [5, 5.41) is 0. The molecule has 3 N–H and O–H groups in total. The Hall–Kier alpha value is -1.72. The SMILES string of the molecule is Cn1ccnc1C(CCc1ccccn1)NN. The van der Waals surface area contributed by atoms with Gasteiger partial charge in [0.2, 0.25) is 0 Å². The molecule has 2 aromatic rings. The van der Waals surface area contributed by atoms with Crippen LogP contribution >= 0.6 is 0 Å². The molecule has 2 heterocycles. The van der Waals surface area contributed by atoms with E-state index in [1.165, 1.54) is 0 Å². The third kappa shape index (κ3) is 2.89. The number of aryl methyl sites for hydroxylation is 2. The number of pyridine rings is 1. The van der Waals surface area contributed by atoms with Crippen LogP contribution in [-0.4, -0.2) is 14.5 Å². The molecule has 0 aromatic carbocycles. The van der Waals surface area contributed by atoms with Crippen molar-refractivity contribution in [1.29, 1.82) is 0 Å². The number of nitrogens with two attached hydrogens (primary N) is 1. The van der Waals surface area contributed by atoms with E-state index in [1.807, 2.05) is 36.0 Å². The molecule has 0 bridgehead atoms. The van der Waals surface area contributed by atoms with Crippen LogP contribution in [0.4, 0.5) is 0 Å². The van der Waals surface area contributed by atoms with Crippen molar-refractivity contribution in [3.63, 3.8) is 0 Å². The van der Waals surface area contributed by atoms with Crippen molar-refractivity contribution >= 4 is 0 Å². The van der Waals surface area contributed by atoms with Crippen molar-refractivity contribution < 1.29 is 0 Å². The van der Waals surface area contributed by atoms with Crippen LogP contribution in [0.3, 0.4) is 0 Å². The second-order valence-corrected chi connectivity index (χ2v) is 3.98. The molecule has 2 aromatic heterocycles. The molecule has 1 unspecified atom stereocenters. The molecule has 0 spiro atoms. The number of imidazole rings is 1. The smallest absolute Gasteiger partial charge is 0.126 e. The molecule has 2 rings (SSSR count). The molecule has 0 aliphatic heterocycles. The Kier molecular flexibility index (Phi) is 3.85. The lowest BCUT2D eigenvalue weighted by Gasteiger charge is -2.15. The highest BCUT2D eigenvalue weighted by Crippen LogP contribution is 2.15. The van der Waals surface area contributed by atoms with Gasteiger partial charge in [-0.1, -0.05) is 6.07 Å². The van der Waals surface area contributed by atoms with Gasteiger partial charge in [0.1, 0.15) is 5.82 Å². The molecule has 0 aliphatic carbocycles. The van der Waals surface area contributed by atoms with Gasteiger partial charge in [0.15, 0.2) is 0 Å². The zero-order valence-corrected chi connectivity index (χ0v) is 9.87. The molecule has 0 radical (unpaired) electrons. The van der Waals surface area contributed by atoms with E-state index in [2.05, 4.69) is 15.4 Å². The van der Waals surface area contributed by atoms with E-state index >= 15 is 0 Å². The normalized spacial score (nSPS) is 12.6. The van der Waals surface area contributed by atoms with Crippen LogP contribution in [0.1, 0.15) is 24.0 Å². The Morgan fingerprint density at radius 2 is 2.24 bits per heavy atom. The Bertz CT molecular complexity index is 451. The zero-order chi connectivity index (χ0) is 12.1. The molecule has 0 amide bonds. The lowest BCUT2D eigenvalue weighted by Crippen LogP contribution is -2.30. The van der Waals surface area contributed by atoms with Gasteiger partial charge in [0.25, 0.3) is 0 Å². The van der Waals surface area contributed by atoms with Crippen LogP contribution in [0.2, 0.25) is 0 Å². The molecule has 17 heavy (non-hydrogen) atoms. The summed E-state index contributed by atoms with van der Waals surface area (Å²) in [6, 6.07) is 5.98. The number of aromatic nitrogens is 3. The summed E-state index contributed by atoms with van der Waals surface area (Å²) in [5.41, 5.74) is 3.88. The Morgan fingerprint density at radius 3 is 2.82 bits per heavy atom. The van der Waals surface area contributed by atoms with Gasteiger partial charge in [-0.3, -0.25) is 10.8 Å². The van der Waals surface area contributed by atoms with E-state index in [9.17, 15) is 0 Å². The van der Waals surface area contributed by atoms with E-state index in [0.29, 0.717) is 0 Å². The maximum atomic E-state index is 5.57. The van der Waals surface area contributed by atoms with Crippen molar-refractivity contribution in [3.8, 4) is 0 Å². The highest BCUT2D eigenvalue weighted by Gasteiger charge is 2.14. The highest BCUT2D eigenvalue weighted by atomic mass is 15.3. The molecule has 0 saturated heterocycles. The molecule has 5 heteroatoms. The van der Waals surface area contributed by atoms with Gasteiger partial charge in [-0.15, -0.1) is 0 Å². The molecule has 0 saturated carbocycles. The zero-order valence-electron chi connectivity index (χ0n) is 9.87. The van der Waals surface area contributed by atoms with E-state index in [-0.39, 0.29) is 6.04 Å². The minimum atomic E-state index is 0.0528. The summed E-state index contributed by atoms with van der Waals surface area (Å²) < 4.78 is 1.98. The van der Waals surface area contributed by atoms with Crippen LogP contribution in [0.25, 0.3) is 0 Å². The summed E-state index contributed by atoms with van der Waals surface area (Å²) in [7, 11) is 1.97. The molecule has 5 nitrogen and oxygen atoms in total. The third-order valence-corrected chi connectivity index (χ3v) is 2.79. The average molecular weight is 231 g/mol. The Labute approximate surface area is 101 Å². The van der Waals surface area contributed by atoms with Crippen LogP contribution in [0.15, 0.2) is 36.8 Å². The van der Waals surface area contributed by atoms with E-state index < -0.39 is 0 Å². The molecule has 0 fully saturated rings. The standard InChI is InChI=1S/C12H17N5/c1-17-9-8-15-12(17)11(16-13)6-5-10-4-2-3-7-14-10/h2-4,7-9,11,16H,5-6,13H2,1H3. The first-order valence-corrected chi connectivity index (χ1v) is 5.64. The quantitative estimate of drug-likeness (QED) is 0.594. The van der Waals surface area contributed by atoms with Gasteiger partial charge in [-0.05, 0) is 25.0 Å². The first kappa shape index (κ1) is 11.8. The van der Waals surface area contributed by atoms with Crippen LogP contribution < -0.4 is 11.3 Å². The van der Waals surface area contributed by atoms with Gasteiger partial charge in [0.05, 0.1) is 6.04 Å². The number of hydrazine groups is 1. The molecular weight excluding hydrogens is 214 g/mol. The minimum absolute atomic E-state index is 0.0528. The fraction of sp³-hybridized carbons (Fsp3) is 0.333. The van der Waals surface area contributed by atoms with Crippen molar-refractivity contribution in [2.24, 2.45) is 12.9 Å². The largest absolute Gasteiger partial charge is 0.337 e. The third-order valence-electron chi connectivity index (χ3n) is 2.79. The summed E-state index contributed by atoms with van der Waals surface area (Å²) in [6.45, 7) is 0. The van der Waals surface area contributed by atoms with Crippen molar-refractivity contribution in [3.05, 3.63) is 48.3 Å². The fourth-order valence-corrected chi connectivity index (χ4v) is 1.84. The van der Waals surface area contributed by atoms with Crippen LogP contribution in [0, 0.1) is 0 Å². The highest BCUT2D eigenvalue weighted by molar-refractivity contribution is 5.05. The van der Waals surface area contributed by atoms with Crippen LogP contribution in [0.5, 0.6) is 0 Å². The van der Waals surface area contributed by atoms with Gasteiger partial charge in [0, 0.05) is 31.3 Å². The van der Waals surface area contributed by atoms with E-state index in [1.54, 1.807) is 12.4 Å². The maximum absolute atomic E-state index is 5.57. The second-order valence-electron chi connectivity index (χ2n) is 3.98. The van der Waals surface area contributed by atoms with Gasteiger partial charge in [-0.25, -0.2) is 10.4 Å². The summed E-state index contributed by atoms with van der Waals surface area (Å²) in [5.74, 6) is 6.52. The number of nitrogens with one attached hydrogen (secondary N) is 1. The van der Waals surface area contributed by atoms with Gasteiger partial charge < -0.3 is 4.57 Å². The van der Waals surface area contributed by atoms with Crippen molar-refractivity contribution in [2.45, 2.75) is 18.9 Å². The predicted molar refractivity (Wildman–Crippen MR) is 65.8 cm³/mol. The van der Waals surface area contributed by atoms with Crippen LogP contribution in [-0.2, 0) is 13.5 Å². The van der Waals surface area contributed by atoms with E-state index in [4.69, 9.17) is 5.84 Å². The molecule has 0 aliphatic rings. The average Bonchev–Trinajstić information content (AvgIpc) is 2.78. The minimum Gasteiger partial charge on any atom is -0.337 e. The fourth-order valence-electron chi connectivity index (χ4n) is 1.84. The molecule has 1 atom stereocenters. The monoisotopic (exact) mass is 231 g/mol. The number of nitrogens with zero attached hydrogens (tertiary/aromatic N) is 3. The number of hydrogen-bond acceptors (Lipinski definition) is 4. The van der Waals surface area contributed by atoms with Crippen molar-refractivity contribution in [1.82, 2.24) is 20.0 Å². The molecule has 90 valence electrons. The first-order chi connectivity index (χ1) is 8.31. The van der Waals surface area contributed by atoms with Crippen molar-refractivity contribution in [2.75, 3.05) is 0 Å². The lowest BCUT2D eigenvalue weighted by atomic mass is 10.1. The maximum Gasteiger partial charge on any atom is 0.126 e. The molecular formula is C12H17N5. The lowest BCUT2D eigenvalue weighted by molar-refractivity contribution is 0.476. The number of rotatable bonds is 5. The summed E-state index contributed by atoms with van der Waals surface area (Å²) in [4.78, 5) is 8.59. The van der Waals surface area contributed by atoms with Gasteiger partial charge >= 0.3 is 0 Å². The summed E-state index contributed by atoms with van der Waals surface area (Å²) >= 11 is 0. The Balaban J connectivity index is 2.00. The van der Waals surface area contributed by atoms with Gasteiger partial charge in [-0.2, -0.15) is 0 Å². The second kappa shape index (κ2) is 5.56.